The van der Waals surface area contributed by atoms with Gasteiger partial charge in [0.25, 0.3) is 0 Å². The molecule has 0 bridgehead atoms. The normalized spacial score (nSPS) is 52.9. The van der Waals surface area contributed by atoms with Crippen LogP contribution < -0.4 is 0 Å². The molecule has 4 heteroatoms. The van der Waals surface area contributed by atoms with Crippen molar-refractivity contribution in [3.8, 4) is 0 Å². The van der Waals surface area contributed by atoms with Gasteiger partial charge in [0.05, 0.1) is 0 Å². The Morgan fingerprint density at radius 2 is 1.88 bits per heavy atom. The second kappa shape index (κ2) is 3.79. The van der Waals surface area contributed by atoms with Gasteiger partial charge in [0.1, 0.15) is 24.3 Å². The Bertz CT molecular complexity index is 379. The van der Waals surface area contributed by atoms with Crippen molar-refractivity contribution >= 4 is 0 Å². The summed E-state index contributed by atoms with van der Waals surface area (Å²) in [4.78, 5) is 0. The van der Waals surface area contributed by atoms with E-state index in [2.05, 4.69) is 0 Å². The molecule has 0 amide bonds. The molecule has 3 aliphatic rings. The third kappa shape index (κ3) is 1.69. The summed E-state index contributed by atoms with van der Waals surface area (Å²) in [5.41, 5.74) is 0. The van der Waals surface area contributed by atoms with Gasteiger partial charge in [-0.1, -0.05) is 6.08 Å². The van der Waals surface area contributed by atoms with Gasteiger partial charge >= 0.3 is 0 Å². The predicted octanol–water partition coefficient (Wildman–Crippen LogP) is 3.28. The summed E-state index contributed by atoms with van der Waals surface area (Å²) in [5, 5.41) is 9.21. The maximum Gasteiger partial charge on any atom is 0.137 e. The molecule has 0 heterocycles. The van der Waals surface area contributed by atoms with Gasteiger partial charge in [-0.2, -0.15) is 0 Å². The van der Waals surface area contributed by atoms with Gasteiger partial charge in [0, 0.05) is 11.8 Å². The highest BCUT2D eigenvalue weighted by Gasteiger charge is 2.65. The minimum atomic E-state index is -1.62. The maximum absolute atomic E-state index is 13.5. The highest BCUT2D eigenvalue weighted by Crippen LogP contribution is 2.59. The largest absolute Gasteiger partial charge is 0.508 e. The maximum atomic E-state index is 13.5. The van der Waals surface area contributed by atoms with Crippen molar-refractivity contribution in [2.45, 2.75) is 31.4 Å². The SMILES string of the molecule is OC1=CCC(C2CC(F)C(F)C3C(F)C23)C=C1. The minimum Gasteiger partial charge on any atom is -0.508 e. The second-order valence-corrected chi connectivity index (χ2v) is 5.35. The van der Waals surface area contributed by atoms with Crippen LogP contribution in [0.2, 0.25) is 0 Å². The van der Waals surface area contributed by atoms with Crippen LogP contribution in [0.3, 0.4) is 0 Å². The molecule has 0 spiro atoms. The molecule has 2 fully saturated rings. The minimum absolute atomic E-state index is 0.0323. The Morgan fingerprint density at radius 1 is 1.12 bits per heavy atom. The summed E-state index contributed by atoms with van der Waals surface area (Å²) >= 11 is 0. The molecular formula is C13H15F3O. The van der Waals surface area contributed by atoms with Crippen LogP contribution in [-0.2, 0) is 0 Å². The highest BCUT2D eigenvalue weighted by molar-refractivity contribution is 5.21. The molecule has 2 saturated carbocycles. The average molecular weight is 244 g/mol. The van der Waals surface area contributed by atoms with Gasteiger partial charge in [-0.05, 0) is 36.8 Å². The first kappa shape index (κ1) is 11.2. The number of hydrogen-bond donors (Lipinski definition) is 1. The quantitative estimate of drug-likeness (QED) is 0.750. The second-order valence-electron chi connectivity index (χ2n) is 5.35. The average Bonchev–Trinajstić information content (AvgIpc) is 2.97. The zero-order valence-corrected chi connectivity index (χ0v) is 9.27. The first-order chi connectivity index (χ1) is 8.09. The van der Waals surface area contributed by atoms with E-state index in [1.54, 1.807) is 18.2 Å². The smallest absolute Gasteiger partial charge is 0.137 e. The Morgan fingerprint density at radius 3 is 2.53 bits per heavy atom. The summed E-state index contributed by atoms with van der Waals surface area (Å²) in [7, 11) is 0. The summed E-state index contributed by atoms with van der Waals surface area (Å²) in [5.74, 6) is -0.944. The molecule has 0 aliphatic heterocycles. The standard InChI is InChI=1S/C13H15F3O/c14-9-5-8(6-1-3-7(17)4-2-6)10-11(12(9)15)13(10)16/h1,3-4,6,8-13,17H,2,5H2. The van der Waals surface area contributed by atoms with Crippen LogP contribution in [0, 0.1) is 23.7 Å². The first-order valence-electron chi connectivity index (χ1n) is 6.09. The van der Waals surface area contributed by atoms with Gasteiger partial charge in [-0.25, -0.2) is 13.2 Å². The van der Waals surface area contributed by atoms with Crippen LogP contribution in [0.5, 0.6) is 0 Å². The van der Waals surface area contributed by atoms with Gasteiger partial charge < -0.3 is 5.11 Å². The van der Waals surface area contributed by atoms with E-state index < -0.39 is 24.4 Å². The van der Waals surface area contributed by atoms with Gasteiger partial charge in [0.15, 0.2) is 0 Å². The number of halogens is 3. The molecule has 17 heavy (non-hydrogen) atoms. The number of rotatable bonds is 1. The number of alkyl halides is 3. The Balaban J connectivity index is 1.75. The number of allylic oxidation sites excluding steroid dienone is 3. The lowest BCUT2D eigenvalue weighted by Gasteiger charge is -2.31. The van der Waals surface area contributed by atoms with E-state index in [1.807, 2.05) is 0 Å². The molecular weight excluding hydrogens is 229 g/mol. The third-order valence-electron chi connectivity index (χ3n) is 4.41. The molecule has 1 nitrogen and oxygen atoms in total. The van der Waals surface area contributed by atoms with Crippen molar-refractivity contribution in [1.82, 2.24) is 0 Å². The van der Waals surface area contributed by atoms with Crippen LogP contribution in [0.15, 0.2) is 24.0 Å². The number of aliphatic hydroxyl groups excluding tert-OH is 1. The molecule has 7 atom stereocenters. The van der Waals surface area contributed by atoms with Gasteiger partial charge in [-0.15, -0.1) is 0 Å². The number of hydrogen-bond acceptors (Lipinski definition) is 1. The van der Waals surface area contributed by atoms with Gasteiger partial charge in [0.2, 0.25) is 0 Å². The van der Waals surface area contributed by atoms with E-state index in [-0.39, 0.29) is 29.9 Å². The summed E-state index contributed by atoms with van der Waals surface area (Å²) in [6.45, 7) is 0. The lowest BCUT2D eigenvalue weighted by Crippen LogP contribution is -2.33. The Hall–Kier alpha value is -0.930. The summed E-state index contributed by atoms with van der Waals surface area (Å²) < 4.78 is 40.3. The van der Waals surface area contributed by atoms with Gasteiger partial charge in [-0.3, -0.25) is 0 Å². The van der Waals surface area contributed by atoms with Crippen LogP contribution in [0.4, 0.5) is 13.2 Å². The van der Waals surface area contributed by atoms with Crippen molar-refractivity contribution < 1.29 is 18.3 Å². The van der Waals surface area contributed by atoms with E-state index in [0.717, 1.165) is 0 Å². The van der Waals surface area contributed by atoms with E-state index in [4.69, 9.17) is 0 Å². The number of aliphatic hydroxyl groups is 1. The molecule has 3 aliphatic carbocycles. The molecule has 0 aromatic carbocycles. The van der Waals surface area contributed by atoms with E-state index in [9.17, 15) is 18.3 Å². The third-order valence-corrected chi connectivity index (χ3v) is 4.41. The first-order valence-corrected chi connectivity index (χ1v) is 6.09. The monoisotopic (exact) mass is 244 g/mol. The van der Waals surface area contributed by atoms with Crippen LogP contribution in [0.1, 0.15) is 12.8 Å². The Labute approximate surface area is 98.0 Å². The molecule has 0 saturated heterocycles. The van der Waals surface area contributed by atoms with Crippen molar-refractivity contribution in [2.24, 2.45) is 23.7 Å². The van der Waals surface area contributed by atoms with Crippen molar-refractivity contribution in [3.63, 3.8) is 0 Å². The molecule has 0 radical (unpaired) electrons. The zero-order valence-electron chi connectivity index (χ0n) is 9.27. The van der Waals surface area contributed by atoms with Crippen LogP contribution in [0.25, 0.3) is 0 Å². The Kier molecular flexibility index (Phi) is 2.49. The summed E-state index contributed by atoms with van der Waals surface area (Å²) in [6.07, 6.45) is 1.38. The number of fused-ring (bicyclic) bond motifs is 1. The molecule has 7 unspecified atom stereocenters. The molecule has 3 rings (SSSR count). The van der Waals surface area contributed by atoms with E-state index in [1.165, 1.54) is 0 Å². The topological polar surface area (TPSA) is 20.2 Å². The lowest BCUT2D eigenvalue weighted by atomic mass is 9.75. The molecule has 0 aromatic rings. The van der Waals surface area contributed by atoms with E-state index >= 15 is 0 Å². The van der Waals surface area contributed by atoms with E-state index in [0.29, 0.717) is 6.42 Å². The van der Waals surface area contributed by atoms with Crippen molar-refractivity contribution in [1.29, 1.82) is 0 Å². The summed E-state index contributed by atoms with van der Waals surface area (Å²) in [6, 6.07) is 0. The fourth-order valence-electron chi connectivity index (χ4n) is 3.42. The predicted molar refractivity (Wildman–Crippen MR) is 57.7 cm³/mol. The van der Waals surface area contributed by atoms with Crippen LogP contribution in [-0.4, -0.2) is 23.6 Å². The van der Waals surface area contributed by atoms with Crippen LogP contribution >= 0.6 is 0 Å². The zero-order chi connectivity index (χ0) is 12.2. The molecule has 0 aromatic heterocycles. The van der Waals surface area contributed by atoms with Crippen molar-refractivity contribution in [2.75, 3.05) is 0 Å². The fraction of sp³-hybridized carbons (Fsp3) is 0.692. The lowest BCUT2D eigenvalue weighted by molar-refractivity contribution is 0.0664. The van der Waals surface area contributed by atoms with Crippen molar-refractivity contribution in [3.05, 3.63) is 24.0 Å². The molecule has 94 valence electrons. The highest BCUT2D eigenvalue weighted by atomic mass is 19.2. The fourth-order valence-corrected chi connectivity index (χ4v) is 3.42. The molecule has 1 N–H and O–H groups in total.